The summed E-state index contributed by atoms with van der Waals surface area (Å²) in [4.78, 5) is 24.3. The quantitative estimate of drug-likeness (QED) is 0.805. The summed E-state index contributed by atoms with van der Waals surface area (Å²) in [5.41, 5.74) is -1.08. The number of carbonyl (C=O) groups is 2. The van der Waals surface area contributed by atoms with Gasteiger partial charge in [0.15, 0.2) is 5.54 Å². The Kier molecular flexibility index (Phi) is 4.64. The van der Waals surface area contributed by atoms with Gasteiger partial charge in [0, 0.05) is 6.04 Å². The highest BCUT2D eigenvalue weighted by Crippen LogP contribution is 2.33. The van der Waals surface area contributed by atoms with Crippen LogP contribution in [-0.2, 0) is 15.1 Å². The number of hydrogen-bond donors (Lipinski definition) is 1. The fourth-order valence-corrected chi connectivity index (χ4v) is 2.30. The largest absolute Gasteiger partial charge is 0.479 e. The molecule has 1 rings (SSSR count). The Morgan fingerprint density at radius 1 is 1.42 bits per heavy atom. The van der Waals surface area contributed by atoms with E-state index in [0.717, 1.165) is 0 Å². The summed E-state index contributed by atoms with van der Waals surface area (Å²) in [5.74, 6) is -1.57. The lowest BCUT2D eigenvalue weighted by molar-refractivity contribution is -0.158. The summed E-state index contributed by atoms with van der Waals surface area (Å²) in [6, 6.07) is 4.94. The topological polar surface area (TPSA) is 57.6 Å². The Balaban J connectivity index is 3.46. The van der Waals surface area contributed by atoms with Crippen LogP contribution in [0.25, 0.3) is 0 Å². The smallest absolute Gasteiger partial charge is 0.334 e. The van der Waals surface area contributed by atoms with Crippen molar-refractivity contribution in [2.75, 3.05) is 0 Å². The van der Waals surface area contributed by atoms with Crippen LogP contribution in [0.1, 0.15) is 32.8 Å². The molecule has 5 heteroatoms. The van der Waals surface area contributed by atoms with Gasteiger partial charge in [-0.1, -0.05) is 19.1 Å². The Morgan fingerprint density at radius 2 is 1.95 bits per heavy atom. The van der Waals surface area contributed by atoms with E-state index in [1.165, 1.54) is 29.2 Å². The van der Waals surface area contributed by atoms with Gasteiger partial charge in [-0.25, -0.2) is 9.18 Å². The zero-order valence-corrected chi connectivity index (χ0v) is 11.3. The summed E-state index contributed by atoms with van der Waals surface area (Å²) in [6.07, 6.45) is 0.733. The van der Waals surface area contributed by atoms with Crippen LogP contribution < -0.4 is 0 Å². The lowest BCUT2D eigenvalue weighted by atomic mass is 9.84. The summed E-state index contributed by atoms with van der Waals surface area (Å²) in [6.45, 7) is 5.17. The molecule has 0 saturated carbocycles. The van der Waals surface area contributed by atoms with Crippen LogP contribution in [0.4, 0.5) is 4.39 Å². The van der Waals surface area contributed by atoms with Crippen molar-refractivity contribution in [2.45, 2.75) is 38.8 Å². The first kappa shape index (κ1) is 15.1. The lowest BCUT2D eigenvalue weighted by Gasteiger charge is -2.40. The third-order valence-corrected chi connectivity index (χ3v) is 3.30. The summed E-state index contributed by atoms with van der Waals surface area (Å²) in [5, 5.41) is 9.60. The number of rotatable bonds is 6. The second-order valence-corrected chi connectivity index (χ2v) is 4.63. The minimum atomic E-state index is -1.47. The van der Waals surface area contributed by atoms with E-state index in [0.29, 0.717) is 12.0 Å². The van der Waals surface area contributed by atoms with Crippen LogP contribution in [0.5, 0.6) is 0 Å². The van der Waals surface area contributed by atoms with E-state index in [2.05, 4.69) is 0 Å². The van der Waals surface area contributed by atoms with Crippen LogP contribution in [0, 0.1) is 5.82 Å². The van der Waals surface area contributed by atoms with Gasteiger partial charge in [0.05, 0.1) is 0 Å². The molecule has 0 spiro atoms. The molecule has 0 bridgehead atoms. The van der Waals surface area contributed by atoms with Crippen molar-refractivity contribution in [3.05, 3.63) is 35.6 Å². The molecule has 1 unspecified atom stereocenters. The molecule has 104 valence electrons. The summed E-state index contributed by atoms with van der Waals surface area (Å²) >= 11 is 0. The van der Waals surface area contributed by atoms with Crippen LogP contribution in [0.3, 0.4) is 0 Å². The fourth-order valence-electron chi connectivity index (χ4n) is 2.30. The van der Waals surface area contributed by atoms with Gasteiger partial charge in [-0.3, -0.25) is 4.79 Å². The standard InChI is InChI=1S/C14H18FNO3/c1-4-14(13(18)19,16(9-17)10(2)3)11-5-7-12(15)8-6-11/h5-10H,4H2,1-3H3,(H,18,19). The average molecular weight is 267 g/mol. The number of carbonyl (C=O) groups excluding carboxylic acids is 1. The second-order valence-electron chi connectivity index (χ2n) is 4.63. The Bertz CT molecular complexity index is 458. The van der Waals surface area contributed by atoms with E-state index in [9.17, 15) is 19.1 Å². The van der Waals surface area contributed by atoms with Crippen LogP contribution >= 0.6 is 0 Å². The van der Waals surface area contributed by atoms with E-state index in [1.807, 2.05) is 0 Å². The van der Waals surface area contributed by atoms with Crippen molar-refractivity contribution < 1.29 is 19.1 Å². The molecular weight excluding hydrogens is 249 g/mol. The highest BCUT2D eigenvalue weighted by molar-refractivity contribution is 5.83. The zero-order chi connectivity index (χ0) is 14.6. The molecule has 4 nitrogen and oxygen atoms in total. The molecule has 0 aliphatic rings. The molecule has 1 N–H and O–H groups in total. The molecule has 0 aliphatic heterocycles. The van der Waals surface area contributed by atoms with Crippen molar-refractivity contribution in [1.82, 2.24) is 4.90 Å². The van der Waals surface area contributed by atoms with Gasteiger partial charge in [0.25, 0.3) is 0 Å². The van der Waals surface area contributed by atoms with Crippen LogP contribution in [-0.4, -0.2) is 28.4 Å². The molecule has 0 fully saturated rings. The molecule has 1 atom stereocenters. The Hall–Kier alpha value is -1.91. The maximum Gasteiger partial charge on any atom is 0.334 e. The third-order valence-electron chi connectivity index (χ3n) is 3.30. The first-order chi connectivity index (χ1) is 8.90. The van der Waals surface area contributed by atoms with Crippen LogP contribution in [0.2, 0.25) is 0 Å². The zero-order valence-electron chi connectivity index (χ0n) is 11.3. The number of carboxylic acid groups (broad SMARTS) is 1. The molecule has 0 aromatic heterocycles. The number of nitrogens with zero attached hydrogens (tertiary/aromatic N) is 1. The molecular formula is C14H18FNO3. The number of aliphatic carboxylic acids is 1. The van der Waals surface area contributed by atoms with E-state index >= 15 is 0 Å². The van der Waals surface area contributed by atoms with E-state index in [-0.39, 0.29) is 12.5 Å². The van der Waals surface area contributed by atoms with Gasteiger partial charge >= 0.3 is 5.97 Å². The van der Waals surface area contributed by atoms with Gasteiger partial charge in [-0.2, -0.15) is 0 Å². The summed E-state index contributed by atoms with van der Waals surface area (Å²) in [7, 11) is 0. The number of carboxylic acids is 1. The second kappa shape index (κ2) is 5.82. The maximum absolute atomic E-state index is 13.0. The van der Waals surface area contributed by atoms with Gasteiger partial charge in [-0.15, -0.1) is 0 Å². The highest BCUT2D eigenvalue weighted by atomic mass is 19.1. The maximum atomic E-state index is 13.0. The SMILES string of the molecule is CCC(C(=O)O)(c1ccc(F)cc1)N(C=O)C(C)C. The normalized spacial score (nSPS) is 13.9. The molecule has 0 radical (unpaired) electrons. The molecule has 1 aromatic rings. The number of hydrogen-bond acceptors (Lipinski definition) is 2. The van der Waals surface area contributed by atoms with Gasteiger partial charge < -0.3 is 10.0 Å². The minimum absolute atomic E-state index is 0.199. The Morgan fingerprint density at radius 3 is 2.26 bits per heavy atom. The molecule has 1 aromatic carbocycles. The van der Waals surface area contributed by atoms with Crippen molar-refractivity contribution in [3.8, 4) is 0 Å². The average Bonchev–Trinajstić information content (AvgIpc) is 2.36. The van der Waals surface area contributed by atoms with E-state index < -0.39 is 17.3 Å². The minimum Gasteiger partial charge on any atom is -0.479 e. The van der Waals surface area contributed by atoms with Crippen molar-refractivity contribution in [2.24, 2.45) is 0 Å². The summed E-state index contributed by atoms with van der Waals surface area (Å²) < 4.78 is 13.0. The van der Waals surface area contributed by atoms with Crippen LogP contribution in [0.15, 0.2) is 24.3 Å². The van der Waals surface area contributed by atoms with Crippen molar-refractivity contribution in [1.29, 1.82) is 0 Å². The fraction of sp³-hybridized carbons (Fsp3) is 0.429. The predicted octanol–water partition coefficient (Wildman–Crippen LogP) is 2.38. The molecule has 0 heterocycles. The lowest BCUT2D eigenvalue weighted by Crippen LogP contribution is -2.54. The monoisotopic (exact) mass is 267 g/mol. The Labute approximate surface area is 111 Å². The number of benzene rings is 1. The first-order valence-electron chi connectivity index (χ1n) is 6.13. The van der Waals surface area contributed by atoms with Crippen molar-refractivity contribution in [3.63, 3.8) is 0 Å². The highest BCUT2D eigenvalue weighted by Gasteiger charge is 2.45. The van der Waals surface area contributed by atoms with Crippen molar-refractivity contribution >= 4 is 12.4 Å². The van der Waals surface area contributed by atoms with Gasteiger partial charge in [0.2, 0.25) is 6.41 Å². The molecule has 19 heavy (non-hydrogen) atoms. The molecule has 0 aliphatic carbocycles. The van der Waals surface area contributed by atoms with Gasteiger partial charge in [0.1, 0.15) is 5.82 Å². The molecule has 1 amide bonds. The first-order valence-corrected chi connectivity index (χ1v) is 6.13. The third kappa shape index (κ3) is 2.59. The van der Waals surface area contributed by atoms with E-state index in [1.54, 1.807) is 20.8 Å². The van der Waals surface area contributed by atoms with E-state index in [4.69, 9.17) is 0 Å². The molecule has 0 saturated heterocycles. The number of amides is 1. The van der Waals surface area contributed by atoms with Gasteiger partial charge in [-0.05, 0) is 38.0 Å². The predicted molar refractivity (Wildman–Crippen MR) is 69.0 cm³/mol. The number of halogens is 1.